The first kappa shape index (κ1) is 16.7. The molecular formula is C17H25FN2O2. The molecular weight excluding hydrogens is 283 g/mol. The maximum Gasteiger partial charge on any atom is 0.315 e. The zero-order valence-corrected chi connectivity index (χ0v) is 13.3. The average molecular weight is 308 g/mol. The molecule has 1 aromatic carbocycles. The van der Waals surface area contributed by atoms with Gasteiger partial charge in [-0.25, -0.2) is 9.18 Å². The Morgan fingerprint density at radius 2 is 2.18 bits per heavy atom. The van der Waals surface area contributed by atoms with Gasteiger partial charge in [-0.05, 0) is 50.3 Å². The lowest BCUT2D eigenvalue weighted by Crippen LogP contribution is -2.51. The largest absolute Gasteiger partial charge is 0.396 e. The number of carbonyl (C=O) groups excluding carboxylic acids is 1. The van der Waals surface area contributed by atoms with Gasteiger partial charge in [0.25, 0.3) is 0 Å². The predicted molar refractivity (Wildman–Crippen MR) is 84.2 cm³/mol. The van der Waals surface area contributed by atoms with Crippen molar-refractivity contribution < 1.29 is 14.3 Å². The third kappa shape index (κ3) is 3.97. The smallest absolute Gasteiger partial charge is 0.315 e. The number of hydrogen-bond donors (Lipinski definition) is 3. The third-order valence-corrected chi connectivity index (χ3v) is 4.74. The lowest BCUT2D eigenvalue weighted by molar-refractivity contribution is 0.200. The van der Waals surface area contributed by atoms with E-state index < -0.39 is 5.54 Å². The van der Waals surface area contributed by atoms with Crippen molar-refractivity contribution in [1.29, 1.82) is 0 Å². The summed E-state index contributed by atoms with van der Waals surface area (Å²) in [5, 5.41) is 14.9. The van der Waals surface area contributed by atoms with E-state index in [0.717, 1.165) is 24.8 Å². The standard InChI is InChI=1S/C17H25FN2O2/c1-3-16(2,9-10-21)20-15(22)19-12-17(7-8-17)13-5-4-6-14(18)11-13/h4-6,11,21H,3,7-10,12H2,1-2H3,(H2,19,20,22). The van der Waals surface area contributed by atoms with Crippen molar-refractivity contribution in [3.05, 3.63) is 35.6 Å². The van der Waals surface area contributed by atoms with Crippen LogP contribution in [0.1, 0.15) is 45.1 Å². The van der Waals surface area contributed by atoms with Gasteiger partial charge in [0.05, 0.1) is 0 Å². The SMILES string of the molecule is CCC(C)(CCO)NC(=O)NCC1(c2cccc(F)c2)CC1. The van der Waals surface area contributed by atoms with E-state index in [1.807, 2.05) is 19.9 Å². The highest BCUT2D eigenvalue weighted by Crippen LogP contribution is 2.47. The Balaban J connectivity index is 1.91. The lowest BCUT2D eigenvalue weighted by atomic mass is 9.95. The van der Waals surface area contributed by atoms with Crippen LogP contribution in [0, 0.1) is 5.82 Å². The molecule has 5 heteroatoms. The first-order chi connectivity index (χ1) is 10.4. The summed E-state index contributed by atoms with van der Waals surface area (Å²) in [5.74, 6) is -0.241. The molecule has 0 radical (unpaired) electrons. The van der Waals surface area contributed by atoms with E-state index in [0.29, 0.717) is 13.0 Å². The highest BCUT2D eigenvalue weighted by atomic mass is 19.1. The van der Waals surface area contributed by atoms with Gasteiger partial charge in [-0.1, -0.05) is 19.1 Å². The molecule has 1 aromatic rings. The molecule has 3 N–H and O–H groups in total. The number of aliphatic hydroxyl groups excluding tert-OH is 1. The van der Waals surface area contributed by atoms with Gasteiger partial charge in [-0.3, -0.25) is 0 Å². The van der Waals surface area contributed by atoms with Crippen LogP contribution in [0.25, 0.3) is 0 Å². The fraction of sp³-hybridized carbons (Fsp3) is 0.588. The number of urea groups is 1. The first-order valence-electron chi connectivity index (χ1n) is 7.86. The van der Waals surface area contributed by atoms with Crippen LogP contribution in [0.15, 0.2) is 24.3 Å². The highest BCUT2D eigenvalue weighted by Gasteiger charge is 2.44. The monoisotopic (exact) mass is 308 g/mol. The maximum absolute atomic E-state index is 13.4. The van der Waals surface area contributed by atoms with Crippen molar-refractivity contribution in [2.75, 3.05) is 13.2 Å². The molecule has 122 valence electrons. The molecule has 1 unspecified atom stereocenters. The Bertz CT molecular complexity index is 531. The van der Waals surface area contributed by atoms with E-state index in [-0.39, 0.29) is 23.9 Å². The molecule has 1 atom stereocenters. The van der Waals surface area contributed by atoms with Crippen molar-refractivity contribution in [3.63, 3.8) is 0 Å². The molecule has 1 aliphatic carbocycles. The van der Waals surface area contributed by atoms with Gasteiger partial charge in [0.2, 0.25) is 0 Å². The van der Waals surface area contributed by atoms with Gasteiger partial charge in [0.1, 0.15) is 5.82 Å². The number of nitrogens with one attached hydrogen (secondary N) is 2. The molecule has 22 heavy (non-hydrogen) atoms. The van der Waals surface area contributed by atoms with E-state index in [1.54, 1.807) is 12.1 Å². The Hall–Kier alpha value is -1.62. The molecule has 0 aromatic heterocycles. The minimum atomic E-state index is -0.408. The van der Waals surface area contributed by atoms with Crippen LogP contribution in [-0.2, 0) is 5.41 Å². The Kier molecular flexibility index (Phi) is 5.06. The predicted octanol–water partition coefficient (Wildman–Crippen LogP) is 2.71. The number of halogens is 1. The number of rotatable bonds is 7. The van der Waals surface area contributed by atoms with Gasteiger partial charge in [0.15, 0.2) is 0 Å². The topological polar surface area (TPSA) is 61.4 Å². The lowest BCUT2D eigenvalue weighted by Gasteiger charge is -2.29. The molecule has 0 bridgehead atoms. The van der Waals surface area contributed by atoms with Crippen molar-refractivity contribution in [2.45, 2.75) is 50.5 Å². The number of hydrogen-bond acceptors (Lipinski definition) is 2. The van der Waals surface area contributed by atoms with Crippen LogP contribution in [0.3, 0.4) is 0 Å². The molecule has 0 saturated heterocycles. The second-order valence-electron chi connectivity index (χ2n) is 6.49. The van der Waals surface area contributed by atoms with E-state index in [2.05, 4.69) is 10.6 Å². The second-order valence-corrected chi connectivity index (χ2v) is 6.49. The molecule has 0 aliphatic heterocycles. The van der Waals surface area contributed by atoms with Crippen LogP contribution in [0.2, 0.25) is 0 Å². The van der Waals surface area contributed by atoms with Gasteiger partial charge in [-0.2, -0.15) is 0 Å². The Labute approximate surface area is 131 Å². The summed E-state index contributed by atoms with van der Waals surface area (Å²) in [7, 11) is 0. The van der Waals surface area contributed by atoms with Crippen LogP contribution >= 0.6 is 0 Å². The molecule has 4 nitrogen and oxygen atoms in total. The normalized spacial score (nSPS) is 18.4. The summed E-state index contributed by atoms with van der Waals surface area (Å²) in [6.07, 6.45) is 3.18. The summed E-state index contributed by atoms with van der Waals surface area (Å²) in [6.45, 7) is 4.44. The van der Waals surface area contributed by atoms with Crippen LogP contribution in [0.4, 0.5) is 9.18 Å². The Morgan fingerprint density at radius 3 is 2.73 bits per heavy atom. The van der Waals surface area contributed by atoms with E-state index in [1.165, 1.54) is 6.07 Å². The molecule has 0 spiro atoms. The molecule has 0 heterocycles. The first-order valence-corrected chi connectivity index (χ1v) is 7.86. The van der Waals surface area contributed by atoms with Crippen LogP contribution < -0.4 is 10.6 Å². The minimum absolute atomic E-state index is 0.0395. The van der Waals surface area contributed by atoms with Crippen molar-refractivity contribution in [2.24, 2.45) is 0 Å². The quantitative estimate of drug-likeness (QED) is 0.725. The third-order valence-electron chi connectivity index (χ3n) is 4.74. The number of amides is 2. The molecule has 1 aliphatic rings. The number of carbonyl (C=O) groups is 1. The van der Waals surface area contributed by atoms with Crippen molar-refractivity contribution >= 4 is 6.03 Å². The zero-order chi connectivity index (χ0) is 16.2. The number of benzene rings is 1. The molecule has 2 rings (SSSR count). The van der Waals surface area contributed by atoms with Gasteiger partial charge in [0, 0.05) is 24.1 Å². The van der Waals surface area contributed by atoms with Crippen molar-refractivity contribution in [3.8, 4) is 0 Å². The van der Waals surface area contributed by atoms with Crippen LogP contribution in [0.5, 0.6) is 0 Å². The van der Waals surface area contributed by atoms with Gasteiger partial charge >= 0.3 is 6.03 Å². The second kappa shape index (κ2) is 6.65. The summed E-state index contributed by atoms with van der Waals surface area (Å²) in [6, 6.07) is 6.37. The van der Waals surface area contributed by atoms with Crippen LogP contribution in [-0.4, -0.2) is 29.8 Å². The van der Waals surface area contributed by atoms with Gasteiger partial charge in [-0.15, -0.1) is 0 Å². The average Bonchev–Trinajstić information content (AvgIpc) is 3.27. The number of aliphatic hydroxyl groups is 1. The van der Waals surface area contributed by atoms with E-state index >= 15 is 0 Å². The fourth-order valence-corrected chi connectivity index (χ4v) is 2.68. The van der Waals surface area contributed by atoms with Crippen molar-refractivity contribution in [1.82, 2.24) is 10.6 Å². The summed E-state index contributed by atoms with van der Waals surface area (Å²) >= 11 is 0. The van der Waals surface area contributed by atoms with E-state index in [9.17, 15) is 9.18 Å². The summed E-state index contributed by atoms with van der Waals surface area (Å²) < 4.78 is 13.4. The minimum Gasteiger partial charge on any atom is -0.396 e. The summed E-state index contributed by atoms with van der Waals surface area (Å²) in [5.41, 5.74) is 0.411. The maximum atomic E-state index is 13.4. The highest BCUT2D eigenvalue weighted by molar-refractivity contribution is 5.75. The Morgan fingerprint density at radius 1 is 1.45 bits per heavy atom. The molecule has 1 fully saturated rings. The van der Waals surface area contributed by atoms with Gasteiger partial charge < -0.3 is 15.7 Å². The molecule has 2 amide bonds. The zero-order valence-electron chi connectivity index (χ0n) is 13.3. The molecule has 1 saturated carbocycles. The fourth-order valence-electron chi connectivity index (χ4n) is 2.68. The summed E-state index contributed by atoms with van der Waals surface area (Å²) in [4.78, 5) is 12.1. The van der Waals surface area contributed by atoms with E-state index in [4.69, 9.17) is 5.11 Å².